The highest BCUT2D eigenvalue weighted by Crippen LogP contribution is 2.17. The molecule has 5 nitrogen and oxygen atoms in total. The van der Waals surface area contributed by atoms with E-state index in [1.807, 2.05) is 0 Å². The first kappa shape index (κ1) is 12.9. The standard InChI is InChI=1S/C9H20N2O3S/c10-15(13,14)7-6-11-8-4-2-1-3-5-9(8)12/h8-9,11-12H,1-7H2,(H2,10,13,14). The van der Waals surface area contributed by atoms with Gasteiger partial charge in [-0.25, -0.2) is 13.6 Å². The van der Waals surface area contributed by atoms with Gasteiger partial charge in [-0.3, -0.25) is 0 Å². The number of nitrogens with two attached hydrogens (primary N) is 1. The molecule has 0 heterocycles. The molecule has 90 valence electrons. The van der Waals surface area contributed by atoms with Gasteiger partial charge in [0.25, 0.3) is 0 Å². The molecule has 1 fully saturated rings. The maximum atomic E-state index is 10.7. The summed E-state index contributed by atoms with van der Waals surface area (Å²) in [5.41, 5.74) is 0. The molecule has 1 aliphatic carbocycles. The first-order valence-corrected chi connectivity index (χ1v) is 7.12. The summed E-state index contributed by atoms with van der Waals surface area (Å²) in [6.45, 7) is 0.320. The molecule has 0 bridgehead atoms. The van der Waals surface area contributed by atoms with Gasteiger partial charge in [0.05, 0.1) is 11.9 Å². The average Bonchev–Trinajstić information content (AvgIpc) is 2.30. The fraction of sp³-hybridized carbons (Fsp3) is 1.00. The third-order valence-corrected chi connectivity index (χ3v) is 3.55. The van der Waals surface area contributed by atoms with Crippen molar-refractivity contribution in [1.29, 1.82) is 0 Å². The zero-order valence-corrected chi connectivity index (χ0v) is 9.67. The van der Waals surface area contributed by atoms with Crippen molar-refractivity contribution in [2.45, 2.75) is 44.2 Å². The zero-order valence-electron chi connectivity index (χ0n) is 8.85. The smallest absolute Gasteiger partial charge is 0.210 e. The number of aliphatic hydroxyl groups excluding tert-OH is 1. The highest BCUT2D eigenvalue weighted by atomic mass is 32.2. The summed E-state index contributed by atoms with van der Waals surface area (Å²) < 4.78 is 21.4. The molecule has 0 spiro atoms. The number of nitrogens with one attached hydrogen (secondary N) is 1. The first-order chi connectivity index (χ1) is 6.99. The molecular formula is C9H20N2O3S. The molecular weight excluding hydrogens is 216 g/mol. The van der Waals surface area contributed by atoms with Crippen molar-refractivity contribution in [1.82, 2.24) is 5.32 Å². The van der Waals surface area contributed by atoms with E-state index in [2.05, 4.69) is 5.32 Å². The average molecular weight is 236 g/mol. The Morgan fingerprint density at radius 3 is 2.60 bits per heavy atom. The Kier molecular flexibility index (Phi) is 4.98. The minimum absolute atomic E-state index is 0.0225. The summed E-state index contributed by atoms with van der Waals surface area (Å²) in [6.07, 6.45) is 4.63. The third kappa shape index (κ3) is 5.46. The van der Waals surface area contributed by atoms with Crippen LogP contribution in [0.3, 0.4) is 0 Å². The van der Waals surface area contributed by atoms with Crippen LogP contribution in [0.25, 0.3) is 0 Å². The van der Waals surface area contributed by atoms with Crippen molar-refractivity contribution in [3.05, 3.63) is 0 Å². The van der Waals surface area contributed by atoms with E-state index in [4.69, 9.17) is 5.14 Å². The highest BCUT2D eigenvalue weighted by Gasteiger charge is 2.20. The molecule has 0 radical (unpaired) electrons. The molecule has 0 aromatic rings. The quantitative estimate of drug-likeness (QED) is 0.577. The van der Waals surface area contributed by atoms with Crippen LogP contribution in [0, 0.1) is 0 Å². The Bertz CT molecular complexity index is 279. The minimum atomic E-state index is -3.40. The Morgan fingerprint density at radius 1 is 1.27 bits per heavy atom. The van der Waals surface area contributed by atoms with Gasteiger partial charge >= 0.3 is 0 Å². The van der Waals surface area contributed by atoms with Crippen molar-refractivity contribution in [2.75, 3.05) is 12.3 Å². The summed E-state index contributed by atoms with van der Waals surface area (Å²) in [6, 6.07) is 0.0225. The molecule has 2 atom stereocenters. The van der Waals surface area contributed by atoms with Crippen LogP contribution in [-0.2, 0) is 10.0 Å². The van der Waals surface area contributed by atoms with Crippen LogP contribution in [0.1, 0.15) is 32.1 Å². The summed E-state index contributed by atoms with van der Waals surface area (Å²) in [4.78, 5) is 0. The molecule has 1 saturated carbocycles. The Labute approximate surface area is 91.1 Å². The van der Waals surface area contributed by atoms with Crippen LogP contribution >= 0.6 is 0 Å². The Hall–Kier alpha value is -0.170. The highest BCUT2D eigenvalue weighted by molar-refractivity contribution is 7.89. The second-order valence-electron chi connectivity index (χ2n) is 4.13. The molecule has 2 unspecified atom stereocenters. The molecule has 0 amide bonds. The summed E-state index contributed by atoms with van der Waals surface area (Å²) in [5.74, 6) is -0.0732. The van der Waals surface area contributed by atoms with E-state index in [9.17, 15) is 13.5 Å². The second-order valence-corrected chi connectivity index (χ2v) is 5.87. The number of primary sulfonamides is 1. The van der Waals surface area contributed by atoms with E-state index >= 15 is 0 Å². The molecule has 1 aliphatic rings. The van der Waals surface area contributed by atoms with Gasteiger partial charge < -0.3 is 10.4 Å². The fourth-order valence-electron chi connectivity index (χ4n) is 1.91. The summed E-state index contributed by atoms with van der Waals surface area (Å²) in [5, 5.41) is 17.7. The van der Waals surface area contributed by atoms with Crippen molar-refractivity contribution in [3.63, 3.8) is 0 Å². The molecule has 15 heavy (non-hydrogen) atoms. The lowest BCUT2D eigenvalue weighted by Crippen LogP contribution is -2.41. The number of aliphatic hydroxyl groups is 1. The molecule has 0 saturated heterocycles. The van der Waals surface area contributed by atoms with Gasteiger partial charge in [0.2, 0.25) is 10.0 Å². The number of sulfonamides is 1. The first-order valence-electron chi connectivity index (χ1n) is 5.41. The summed E-state index contributed by atoms with van der Waals surface area (Å²) in [7, 11) is -3.40. The largest absolute Gasteiger partial charge is 0.392 e. The minimum Gasteiger partial charge on any atom is -0.392 e. The Morgan fingerprint density at radius 2 is 1.93 bits per heavy atom. The maximum absolute atomic E-state index is 10.7. The van der Waals surface area contributed by atoms with Crippen LogP contribution < -0.4 is 10.5 Å². The van der Waals surface area contributed by atoms with Crippen LogP contribution in [0.5, 0.6) is 0 Å². The van der Waals surface area contributed by atoms with Crippen molar-refractivity contribution in [3.8, 4) is 0 Å². The molecule has 0 aromatic heterocycles. The molecule has 0 aromatic carbocycles. The molecule has 1 rings (SSSR count). The van der Waals surface area contributed by atoms with Crippen LogP contribution in [-0.4, -0.2) is 38.0 Å². The lowest BCUT2D eigenvalue weighted by molar-refractivity contribution is 0.121. The molecule has 0 aliphatic heterocycles. The van der Waals surface area contributed by atoms with Crippen LogP contribution in [0.2, 0.25) is 0 Å². The van der Waals surface area contributed by atoms with Gasteiger partial charge in [-0.2, -0.15) is 0 Å². The second kappa shape index (κ2) is 5.79. The van der Waals surface area contributed by atoms with Crippen molar-refractivity contribution < 1.29 is 13.5 Å². The topological polar surface area (TPSA) is 92.4 Å². The van der Waals surface area contributed by atoms with E-state index in [0.29, 0.717) is 6.54 Å². The van der Waals surface area contributed by atoms with E-state index < -0.39 is 10.0 Å². The zero-order chi connectivity index (χ0) is 11.3. The van der Waals surface area contributed by atoms with Gasteiger partial charge in [0, 0.05) is 12.6 Å². The van der Waals surface area contributed by atoms with Gasteiger partial charge in [0.15, 0.2) is 0 Å². The number of hydrogen-bond donors (Lipinski definition) is 3. The monoisotopic (exact) mass is 236 g/mol. The van der Waals surface area contributed by atoms with Gasteiger partial charge in [0.1, 0.15) is 0 Å². The van der Waals surface area contributed by atoms with E-state index in [0.717, 1.165) is 32.1 Å². The van der Waals surface area contributed by atoms with Gasteiger partial charge in [-0.1, -0.05) is 19.3 Å². The lowest BCUT2D eigenvalue weighted by Gasteiger charge is -2.21. The van der Waals surface area contributed by atoms with Crippen LogP contribution in [0.4, 0.5) is 0 Å². The van der Waals surface area contributed by atoms with E-state index in [1.165, 1.54) is 0 Å². The molecule has 6 heteroatoms. The third-order valence-electron chi connectivity index (χ3n) is 2.77. The maximum Gasteiger partial charge on any atom is 0.210 e. The lowest BCUT2D eigenvalue weighted by atomic mass is 10.1. The van der Waals surface area contributed by atoms with Crippen LogP contribution in [0.15, 0.2) is 0 Å². The SMILES string of the molecule is NS(=O)(=O)CCNC1CCCCCC1O. The predicted molar refractivity (Wildman–Crippen MR) is 58.9 cm³/mol. The Balaban J connectivity index is 2.29. The van der Waals surface area contributed by atoms with E-state index in [-0.39, 0.29) is 17.9 Å². The number of hydrogen-bond acceptors (Lipinski definition) is 4. The fourth-order valence-corrected chi connectivity index (χ4v) is 2.32. The molecule has 4 N–H and O–H groups in total. The normalized spacial score (nSPS) is 28.7. The predicted octanol–water partition coefficient (Wildman–Crippen LogP) is -0.442. The van der Waals surface area contributed by atoms with Crippen molar-refractivity contribution in [2.24, 2.45) is 5.14 Å². The summed E-state index contributed by atoms with van der Waals surface area (Å²) >= 11 is 0. The van der Waals surface area contributed by atoms with Gasteiger partial charge in [-0.05, 0) is 12.8 Å². The number of rotatable bonds is 4. The van der Waals surface area contributed by atoms with E-state index in [1.54, 1.807) is 0 Å². The van der Waals surface area contributed by atoms with Crippen molar-refractivity contribution >= 4 is 10.0 Å². The van der Waals surface area contributed by atoms with Gasteiger partial charge in [-0.15, -0.1) is 0 Å².